The van der Waals surface area contributed by atoms with Crippen LogP contribution in [0.4, 0.5) is 0 Å². The van der Waals surface area contributed by atoms with E-state index in [1.165, 1.54) is 7.11 Å². The number of hydrogen-bond acceptors (Lipinski definition) is 4. The topological polar surface area (TPSA) is 83.0 Å². The second kappa shape index (κ2) is 8.14. The van der Waals surface area contributed by atoms with Crippen molar-refractivity contribution >= 4 is 28.2 Å². The summed E-state index contributed by atoms with van der Waals surface area (Å²) in [5.41, 5.74) is 10.4. The quantitative estimate of drug-likeness (QED) is 0.476. The minimum Gasteiger partial charge on any atom is -0.479 e. The lowest BCUT2D eigenvalue weighted by atomic mass is 9.99. The Bertz CT molecular complexity index is 1320. The Balaban J connectivity index is 1.95. The van der Waals surface area contributed by atoms with Crippen molar-refractivity contribution < 1.29 is 19.1 Å². The normalized spacial score (nSPS) is 11.1. The molecule has 158 valence electrons. The van der Waals surface area contributed by atoms with E-state index in [0.717, 1.165) is 33.2 Å². The van der Waals surface area contributed by atoms with E-state index in [1.54, 1.807) is 0 Å². The van der Waals surface area contributed by atoms with E-state index in [1.807, 2.05) is 66.8 Å². The van der Waals surface area contributed by atoms with Gasteiger partial charge in [0.1, 0.15) is 11.4 Å². The maximum atomic E-state index is 12.6. The van der Waals surface area contributed by atoms with Crippen molar-refractivity contribution in [2.24, 2.45) is 5.73 Å². The van der Waals surface area contributed by atoms with E-state index in [0.29, 0.717) is 23.4 Å². The fourth-order valence-corrected chi connectivity index (χ4v) is 4.14. The molecule has 0 unspecified atom stereocenters. The molecule has 31 heavy (non-hydrogen) atoms. The number of carbonyl (C=O) groups is 2. The van der Waals surface area contributed by atoms with Gasteiger partial charge in [-0.2, -0.15) is 0 Å². The third-order valence-corrected chi connectivity index (χ3v) is 5.62. The van der Waals surface area contributed by atoms with Crippen molar-refractivity contribution in [2.45, 2.75) is 20.3 Å². The van der Waals surface area contributed by atoms with Gasteiger partial charge in [-0.3, -0.25) is 4.79 Å². The van der Waals surface area contributed by atoms with Crippen molar-refractivity contribution in [1.82, 2.24) is 4.40 Å². The number of nitrogens with zero attached hydrogens (tertiary/aromatic N) is 1. The highest BCUT2D eigenvalue weighted by molar-refractivity contribution is 6.01. The predicted octanol–water partition coefficient (Wildman–Crippen LogP) is 4.28. The van der Waals surface area contributed by atoms with Crippen molar-refractivity contribution in [1.29, 1.82) is 0 Å². The average molecular weight is 416 g/mol. The van der Waals surface area contributed by atoms with Crippen LogP contribution < -0.4 is 10.5 Å². The molecule has 4 aromatic rings. The van der Waals surface area contributed by atoms with Crippen molar-refractivity contribution in [3.63, 3.8) is 0 Å². The number of carbonyl (C=O) groups excluding carboxylic acids is 2. The molecular weight excluding hydrogens is 392 g/mol. The Hall–Kier alpha value is -3.80. The molecule has 2 heterocycles. The second-order valence-corrected chi connectivity index (χ2v) is 7.35. The van der Waals surface area contributed by atoms with Crippen LogP contribution in [-0.4, -0.2) is 30.0 Å². The molecule has 1 amide bonds. The molecule has 0 radical (unpaired) electrons. The molecule has 4 rings (SSSR count). The first-order valence-electron chi connectivity index (χ1n) is 10.1. The highest BCUT2D eigenvalue weighted by Gasteiger charge is 2.23. The highest BCUT2D eigenvalue weighted by atomic mass is 16.6. The van der Waals surface area contributed by atoms with Gasteiger partial charge >= 0.3 is 5.97 Å². The molecular formula is C25H24N2O4. The standard InChI is InChI=1S/C25H24N2O4/c1-4-19-15(2)27-21(24(19)31-14-22(28)30-3)12-11-20(23(27)25(26)29)18-10-9-16-7-5-6-8-17(16)13-18/h5-13H,4,14H2,1-3H3,(H2,26,29). The number of aryl methyl sites for hydroxylation is 1. The molecule has 0 aliphatic rings. The van der Waals surface area contributed by atoms with Gasteiger partial charge < -0.3 is 19.6 Å². The fourth-order valence-electron chi connectivity index (χ4n) is 4.14. The Kier molecular flexibility index (Phi) is 5.38. The maximum Gasteiger partial charge on any atom is 0.343 e. The largest absolute Gasteiger partial charge is 0.479 e. The fraction of sp³-hybridized carbons (Fsp3) is 0.200. The Labute approximate surface area is 180 Å². The summed E-state index contributed by atoms with van der Waals surface area (Å²) in [4.78, 5) is 24.3. The molecule has 2 aromatic heterocycles. The minimum atomic E-state index is -0.533. The summed E-state index contributed by atoms with van der Waals surface area (Å²) < 4.78 is 12.3. The van der Waals surface area contributed by atoms with E-state index >= 15 is 0 Å². The lowest BCUT2D eigenvalue weighted by Crippen LogP contribution is -2.18. The van der Waals surface area contributed by atoms with E-state index < -0.39 is 11.9 Å². The number of hydrogen-bond donors (Lipinski definition) is 1. The van der Waals surface area contributed by atoms with Crippen molar-refractivity contribution in [3.8, 4) is 16.9 Å². The van der Waals surface area contributed by atoms with Gasteiger partial charge in [0.05, 0.1) is 12.6 Å². The predicted molar refractivity (Wildman–Crippen MR) is 120 cm³/mol. The van der Waals surface area contributed by atoms with E-state index in [2.05, 4.69) is 6.07 Å². The van der Waals surface area contributed by atoms with Crippen LogP contribution >= 0.6 is 0 Å². The van der Waals surface area contributed by atoms with Gasteiger partial charge in [-0.05, 0) is 47.9 Å². The van der Waals surface area contributed by atoms with Crippen LogP contribution in [-0.2, 0) is 16.0 Å². The molecule has 0 saturated carbocycles. The van der Waals surface area contributed by atoms with Gasteiger partial charge in [-0.25, -0.2) is 4.79 Å². The molecule has 0 spiro atoms. The summed E-state index contributed by atoms with van der Waals surface area (Å²) in [5.74, 6) is -0.436. The first-order valence-corrected chi connectivity index (χ1v) is 10.1. The van der Waals surface area contributed by atoms with Crippen LogP contribution in [0.5, 0.6) is 5.75 Å². The summed E-state index contributed by atoms with van der Waals surface area (Å²) in [7, 11) is 1.32. The van der Waals surface area contributed by atoms with Gasteiger partial charge in [0.15, 0.2) is 6.61 Å². The lowest BCUT2D eigenvalue weighted by molar-refractivity contribution is -0.142. The zero-order valence-corrected chi connectivity index (χ0v) is 17.8. The zero-order valence-electron chi connectivity index (χ0n) is 17.8. The Morgan fingerprint density at radius 3 is 2.45 bits per heavy atom. The molecule has 0 atom stereocenters. The Morgan fingerprint density at radius 1 is 1.03 bits per heavy atom. The summed E-state index contributed by atoms with van der Waals surface area (Å²) in [5, 5.41) is 2.20. The number of benzene rings is 2. The summed E-state index contributed by atoms with van der Waals surface area (Å²) >= 11 is 0. The SMILES string of the molecule is CCc1c(OCC(=O)OC)c2ccc(-c3ccc4ccccc4c3)c(C(N)=O)n2c1C. The van der Waals surface area contributed by atoms with Crippen LogP contribution in [0, 0.1) is 6.92 Å². The smallest absolute Gasteiger partial charge is 0.343 e. The molecule has 2 N–H and O–H groups in total. The molecule has 2 aromatic carbocycles. The number of aromatic nitrogens is 1. The van der Waals surface area contributed by atoms with Gasteiger partial charge in [-0.1, -0.05) is 43.3 Å². The lowest BCUT2D eigenvalue weighted by Gasteiger charge is -2.13. The summed E-state index contributed by atoms with van der Waals surface area (Å²) in [6, 6.07) is 17.9. The van der Waals surface area contributed by atoms with Crippen molar-refractivity contribution in [3.05, 3.63) is 71.5 Å². The number of amides is 1. The van der Waals surface area contributed by atoms with Crippen LogP contribution in [0.15, 0.2) is 54.6 Å². The molecule has 0 saturated heterocycles. The third-order valence-electron chi connectivity index (χ3n) is 5.62. The van der Waals surface area contributed by atoms with E-state index in [4.69, 9.17) is 15.2 Å². The number of primary amides is 1. The summed E-state index contributed by atoms with van der Waals surface area (Å²) in [6.07, 6.45) is 0.674. The van der Waals surface area contributed by atoms with Gasteiger partial charge in [0.2, 0.25) is 0 Å². The van der Waals surface area contributed by atoms with Crippen molar-refractivity contribution in [2.75, 3.05) is 13.7 Å². The summed E-state index contributed by atoms with van der Waals surface area (Å²) in [6.45, 7) is 3.72. The van der Waals surface area contributed by atoms with Crippen LogP contribution in [0.1, 0.15) is 28.7 Å². The molecule has 0 aliphatic carbocycles. The number of esters is 1. The molecule has 0 bridgehead atoms. The number of ether oxygens (including phenoxy) is 2. The highest BCUT2D eigenvalue weighted by Crippen LogP contribution is 2.36. The van der Waals surface area contributed by atoms with Crippen LogP contribution in [0.2, 0.25) is 0 Å². The van der Waals surface area contributed by atoms with Gasteiger partial charge in [-0.15, -0.1) is 0 Å². The number of fused-ring (bicyclic) bond motifs is 2. The number of methoxy groups -OCH3 is 1. The molecule has 6 heteroatoms. The monoisotopic (exact) mass is 416 g/mol. The van der Waals surface area contributed by atoms with Crippen LogP contribution in [0.3, 0.4) is 0 Å². The molecule has 0 aliphatic heterocycles. The zero-order chi connectivity index (χ0) is 22.1. The number of rotatable bonds is 6. The number of nitrogens with two attached hydrogens (primary N) is 1. The maximum absolute atomic E-state index is 12.6. The van der Waals surface area contributed by atoms with Gasteiger partial charge in [0, 0.05) is 16.8 Å². The first-order chi connectivity index (χ1) is 15.0. The first kappa shape index (κ1) is 20.5. The van der Waals surface area contributed by atoms with Gasteiger partial charge in [0.25, 0.3) is 5.91 Å². The third kappa shape index (κ3) is 3.50. The van der Waals surface area contributed by atoms with E-state index in [9.17, 15) is 9.59 Å². The average Bonchev–Trinajstić information content (AvgIpc) is 3.07. The van der Waals surface area contributed by atoms with Crippen LogP contribution in [0.25, 0.3) is 27.4 Å². The minimum absolute atomic E-state index is 0.207. The number of pyridine rings is 1. The second-order valence-electron chi connectivity index (χ2n) is 7.35. The Morgan fingerprint density at radius 2 is 1.77 bits per heavy atom. The molecule has 0 fully saturated rings. The molecule has 6 nitrogen and oxygen atoms in total. The van der Waals surface area contributed by atoms with E-state index in [-0.39, 0.29) is 6.61 Å².